The van der Waals surface area contributed by atoms with Crippen molar-refractivity contribution < 1.29 is 12.9 Å². The second-order valence-corrected chi connectivity index (χ2v) is 6.08. The zero-order valence-corrected chi connectivity index (χ0v) is 11.8. The van der Waals surface area contributed by atoms with E-state index in [-0.39, 0.29) is 15.8 Å². The van der Waals surface area contributed by atoms with Crippen molar-refractivity contribution in [2.75, 3.05) is 10.5 Å². The minimum atomic E-state index is -3.84. The summed E-state index contributed by atoms with van der Waals surface area (Å²) in [7, 11) is -3.84. The zero-order valence-electron chi connectivity index (χ0n) is 10.3. The van der Waals surface area contributed by atoms with Gasteiger partial charge in [-0.3, -0.25) is 0 Å². The largest absolute Gasteiger partial charge is 0.399 e. The number of hydrogen-bond acceptors (Lipinski definition) is 5. The summed E-state index contributed by atoms with van der Waals surface area (Å²) in [5.74, 6) is 0.0744. The van der Waals surface area contributed by atoms with Crippen LogP contribution in [0.5, 0.6) is 0 Å². The fourth-order valence-electron chi connectivity index (χ4n) is 1.42. The topological polar surface area (TPSA) is 98.2 Å². The molecule has 102 valence electrons. The fraction of sp³-hybridized carbons (Fsp3) is 0.182. The maximum absolute atomic E-state index is 12.2. The zero-order chi connectivity index (χ0) is 14.2. The van der Waals surface area contributed by atoms with Gasteiger partial charge in [0.15, 0.2) is 0 Å². The van der Waals surface area contributed by atoms with Gasteiger partial charge in [0, 0.05) is 11.3 Å². The van der Waals surface area contributed by atoms with E-state index in [1.807, 2.05) is 0 Å². The van der Waals surface area contributed by atoms with Crippen LogP contribution in [0.3, 0.4) is 0 Å². The lowest BCUT2D eigenvalue weighted by atomic mass is 10.3. The molecule has 2 rings (SSSR count). The minimum Gasteiger partial charge on any atom is -0.399 e. The SMILES string of the molecule is Cc1noc(NS(=O)(=O)c2ccc(N)cc2Cl)c1C. The molecule has 2 aromatic rings. The molecule has 3 N–H and O–H groups in total. The third-order valence-electron chi connectivity index (χ3n) is 2.63. The Morgan fingerprint density at radius 2 is 2.05 bits per heavy atom. The van der Waals surface area contributed by atoms with Crippen LogP contribution in [0.4, 0.5) is 11.6 Å². The van der Waals surface area contributed by atoms with E-state index in [0.717, 1.165) is 0 Å². The summed E-state index contributed by atoms with van der Waals surface area (Å²) in [6, 6.07) is 4.16. The van der Waals surface area contributed by atoms with Gasteiger partial charge < -0.3 is 10.3 Å². The van der Waals surface area contributed by atoms with Gasteiger partial charge in [-0.15, -0.1) is 0 Å². The van der Waals surface area contributed by atoms with E-state index in [1.165, 1.54) is 18.2 Å². The Kier molecular flexibility index (Phi) is 3.42. The van der Waals surface area contributed by atoms with E-state index in [0.29, 0.717) is 16.9 Å². The molecule has 0 atom stereocenters. The van der Waals surface area contributed by atoms with Crippen LogP contribution in [0, 0.1) is 13.8 Å². The number of nitrogens with two attached hydrogens (primary N) is 1. The first kappa shape index (κ1) is 13.7. The minimum absolute atomic E-state index is 0.0430. The van der Waals surface area contributed by atoms with Crippen molar-refractivity contribution in [1.82, 2.24) is 5.16 Å². The number of anilines is 2. The first-order chi connectivity index (χ1) is 8.81. The van der Waals surface area contributed by atoms with E-state index >= 15 is 0 Å². The van der Waals surface area contributed by atoms with Gasteiger partial charge in [-0.1, -0.05) is 16.8 Å². The average Bonchev–Trinajstić information content (AvgIpc) is 2.60. The number of rotatable bonds is 3. The lowest BCUT2D eigenvalue weighted by molar-refractivity contribution is 0.430. The van der Waals surface area contributed by atoms with Crippen LogP contribution < -0.4 is 10.5 Å². The molecule has 1 aromatic carbocycles. The molecular formula is C11H12ClN3O3S. The Bertz CT molecular complexity index is 725. The van der Waals surface area contributed by atoms with Crippen LogP contribution in [0.25, 0.3) is 0 Å². The second kappa shape index (κ2) is 4.75. The number of benzene rings is 1. The van der Waals surface area contributed by atoms with E-state index in [9.17, 15) is 8.42 Å². The lowest BCUT2D eigenvalue weighted by Gasteiger charge is -2.07. The van der Waals surface area contributed by atoms with Crippen molar-refractivity contribution in [1.29, 1.82) is 0 Å². The Morgan fingerprint density at radius 3 is 2.58 bits per heavy atom. The first-order valence-corrected chi connectivity index (χ1v) is 7.18. The summed E-state index contributed by atoms with van der Waals surface area (Å²) in [4.78, 5) is -0.0724. The molecule has 6 nitrogen and oxygen atoms in total. The van der Waals surface area contributed by atoms with Crippen LogP contribution in [-0.4, -0.2) is 13.6 Å². The number of hydrogen-bond donors (Lipinski definition) is 2. The molecular weight excluding hydrogens is 290 g/mol. The maximum atomic E-state index is 12.2. The molecule has 1 heterocycles. The predicted molar refractivity (Wildman–Crippen MR) is 72.6 cm³/mol. The molecule has 0 amide bonds. The van der Waals surface area contributed by atoms with E-state index in [1.54, 1.807) is 13.8 Å². The molecule has 0 bridgehead atoms. The first-order valence-electron chi connectivity index (χ1n) is 5.32. The molecule has 0 unspecified atom stereocenters. The number of aryl methyl sites for hydroxylation is 1. The maximum Gasteiger partial charge on any atom is 0.265 e. The van der Waals surface area contributed by atoms with Crippen LogP contribution in [0.2, 0.25) is 5.02 Å². The average molecular weight is 302 g/mol. The fourth-order valence-corrected chi connectivity index (χ4v) is 3.02. The summed E-state index contributed by atoms with van der Waals surface area (Å²) in [6.45, 7) is 3.42. The Balaban J connectivity index is 2.41. The number of halogens is 1. The highest BCUT2D eigenvalue weighted by atomic mass is 35.5. The van der Waals surface area contributed by atoms with Crippen molar-refractivity contribution >= 4 is 33.2 Å². The van der Waals surface area contributed by atoms with Crippen molar-refractivity contribution in [3.63, 3.8) is 0 Å². The third-order valence-corrected chi connectivity index (χ3v) is 4.44. The molecule has 0 fully saturated rings. The van der Waals surface area contributed by atoms with Crippen molar-refractivity contribution in [3.8, 4) is 0 Å². The van der Waals surface area contributed by atoms with Gasteiger partial charge in [-0.05, 0) is 32.0 Å². The smallest absolute Gasteiger partial charge is 0.265 e. The Labute approximate surface area is 115 Å². The molecule has 19 heavy (non-hydrogen) atoms. The van der Waals surface area contributed by atoms with Crippen molar-refractivity contribution in [2.24, 2.45) is 0 Å². The van der Waals surface area contributed by atoms with Gasteiger partial charge in [-0.2, -0.15) is 0 Å². The molecule has 0 aliphatic carbocycles. The quantitative estimate of drug-likeness (QED) is 0.848. The summed E-state index contributed by atoms with van der Waals surface area (Å²) in [6.07, 6.45) is 0. The molecule has 8 heteroatoms. The van der Waals surface area contributed by atoms with Crippen LogP contribution >= 0.6 is 11.6 Å². The monoisotopic (exact) mass is 301 g/mol. The van der Waals surface area contributed by atoms with Gasteiger partial charge in [0.1, 0.15) is 4.90 Å². The normalized spacial score (nSPS) is 11.5. The lowest BCUT2D eigenvalue weighted by Crippen LogP contribution is -2.13. The third kappa shape index (κ3) is 2.66. The van der Waals surface area contributed by atoms with Gasteiger partial charge in [0.2, 0.25) is 5.88 Å². The van der Waals surface area contributed by atoms with Gasteiger partial charge in [0.25, 0.3) is 10.0 Å². The molecule has 0 aliphatic heterocycles. The summed E-state index contributed by atoms with van der Waals surface area (Å²) in [5, 5.41) is 3.72. The Hall–Kier alpha value is -1.73. The highest BCUT2D eigenvalue weighted by Gasteiger charge is 2.21. The molecule has 0 spiro atoms. The molecule has 1 aromatic heterocycles. The van der Waals surface area contributed by atoms with Crippen LogP contribution in [0.15, 0.2) is 27.6 Å². The molecule has 0 saturated carbocycles. The number of sulfonamides is 1. The standard InChI is InChI=1S/C11H12ClN3O3S/c1-6-7(2)14-18-11(6)15-19(16,17)10-4-3-8(13)5-9(10)12/h3-5,15H,13H2,1-2H3. The van der Waals surface area contributed by atoms with E-state index < -0.39 is 10.0 Å². The van der Waals surface area contributed by atoms with Crippen LogP contribution in [0.1, 0.15) is 11.3 Å². The number of nitrogen functional groups attached to an aromatic ring is 1. The second-order valence-electron chi connectivity index (χ2n) is 4.02. The molecule has 0 radical (unpaired) electrons. The molecule has 0 aliphatic rings. The van der Waals surface area contributed by atoms with Crippen molar-refractivity contribution in [2.45, 2.75) is 18.7 Å². The number of aromatic nitrogens is 1. The summed E-state index contributed by atoms with van der Waals surface area (Å²) in [5.41, 5.74) is 7.14. The van der Waals surface area contributed by atoms with Gasteiger partial charge >= 0.3 is 0 Å². The van der Waals surface area contributed by atoms with Gasteiger partial charge in [-0.25, -0.2) is 13.1 Å². The number of nitrogens with one attached hydrogen (secondary N) is 1. The van der Waals surface area contributed by atoms with Gasteiger partial charge in [0.05, 0.1) is 10.7 Å². The van der Waals surface area contributed by atoms with Crippen molar-refractivity contribution in [3.05, 3.63) is 34.5 Å². The number of nitrogens with zero attached hydrogens (tertiary/aromatic N) is 1. The highest BCUT2D eigenvalue weighted by Crippen LogP contribution is 2.27. The van der Waals surface area contributed by atoms with E-state index in [4.69, 9.17) is 21.9 Å². The summed E-state index contributed by atoms with van der Waals surface area (Å²) < 4.78 is 31.6. The van der Waals surface area contributed by atoms with E-state index in [2.05, 4.69) is 9.88 Å². The predicted octanol–water partition coefficient (Wildman–Crippen LogP) is 2.33. The summed E-state index contributed by atoms with van der Waals surface area (Å²) >= 11 is 5.88. The highest BCUT2D eigenvalue weighted by molar-refractivity contribution is 7.92. The van der Waals surface area contributed by atoms with Crippen LogP contribution in [-0.2, 0) is 10.0 Å². The Morgan fingerprint density at radius 1 is 1.37 bits per heavy atom. The molecule has 0 saturated heterocycles.